The Balaban J connectivity index is 1.32. The Hall–Kier alpha value is -1.65. The summed E-state index contributed by atoms with van der Waals surface area (Å²) in [5, 5.41) is 0. The highest BCUT2D eigenvalue weighted by Gasteiger charge is 2.26. The number of benzene rings is 1. The molecule has 0 N–H and O–H groups in total. The lowest BCUT2D eigenvalue weighted by atomic mass is 10.2. The summed E-state index contributed by atoms with van der Waals surface area (Å²) in [7, 11) is 0. The standard InChI is InChI=1S/C19H25N3O/c1-2-6-16(7-3-1)18-14-20-19(23-18)15-21-10-12-22(13-11-21)17-8-4-5-9-17/h1-3,6-7,14,17H,4-5,8-13,15H2. The molecular formula is C19H25N3O. The van der Waals surface area contributed by atoms with E-state index in [0.717, 1.165) is 42.9 Å². The summed E-state index contributed by atoms with van der Waals surface area (Å²) in [6.45, 7) is 5.46. The minimum Gasteiger partial charge on any atom is -0.439 e. The molecule has 2 heterocycles. The molecule has 1 aliphatic heterocycles. The van der Waals surface area contributed by atoms with Gasteiger partial charge in [0.25, 0.3) is 0 Å². The van der Waals surface area contributed by atoms with Gasteiger partial charge in [-0.25, -0.2) is 4.98 Å². The molecule has 0 radical (unpaired) electrons. The fourth-order valence-electron chi connectivity index (χ4n) is 3.87. The van der Waals surface area contributed by atoms with Gasteiger partial charge in [-0.3, -0.25) is 9.80 Å². The van der Waals surface area contributed by atoms with Gasteiger partial charge in [0, 0.05) is 37.8 Å². The van der Waals surface area contributed by atoms with E-state index in [9.17, 15) is 0 Å². The Labute approximate surface area is 138 Å². The fraction of sp³-hybridized carbons (Fsp3) is 0.526. The summed E-state index contributed by atoms with van der Waals surface area (Å²) in [6.07, 6.45) is 7.49. The molecule has 0 bridgehead atoms. The van der Waals surface area contributed by atoms with Crippen LogP contribution in [0.4, 0.5) is 0 Å². The highest BCUT2D eigenvalue weighted by molar-refractivity contribution is 5.55. The Morgan fingerprint density at radius 3 is 2.48 bits per heavy atom. The first kappa shape index (κ1) is 14.9. The maximum atomic E-state index is 5.93. The SMILES string of the molecule is c1ccc(-c2cnc(CN3CCN(C4CCCC4)CC3)o2)cc1. The molecule has 1 saturated carbocycles. The van der Waals surface area contributed by atoms with Crippen LogP contribution in [0.25, 0.3) is 11.3 Å². The zero-order valence-electron chi connectivity index (χ0n) is 13.7. The second kappa shape index (κ2) is 6.85. The van der Waals surface area contributed by atoms with Crippen LogP contribution in [0.15, 0.2) is 40.9 Å². The summed E-state index contributed by atoms with van der Waals surface area (Å²) >= 11 is 0. The minimum atomic E-state index is 0.825. The van der Waals surface area contributed by atoms with Gasteiger partial charge in [-0.15, -0.1) is 0 Å². The third kappa shape index (κ3) is 3.48. The molecule has 1 saturated heterocycles. The number of oxazole rings is 1. The van der Waals surface area contributed by atoms with Crippen molar-refractivity contribution in [2.45, 2.75) is 38.3 Å². The monoisotopic (exact) mass is 311 g/mol. The lowest BCUT2D eigenvalue weighted by Crippen LogP contribution is -2.49. The van der Waals surface area contributed by atoms with E-state index in [1.54, 1.807) is 0 Å². The van der Waals surface area contributed by atoms with Gasteiger partial charge in [-0.05, 0) is 12.8 Å². The first-order chi connectivity index (χ1) is 11.4. The van der Waals surface area contributed by atoms with Crippen LogP contribution in [0.1, 0.15) is 31.6 Å². The molecule has 1 aliphatic carbocycles. The Morgan fingerprint density at radius 2 is 1.74 bits per heavy atom. The van der Waals surface area contributed by atoms with E-state index in [-0.39, 0.29) is 0 Å². The summed E-state index contributed by atoms with van der Waals surface area (Å²) in [4.78, 5) is 9.61. The van der Waals surface area contributed by atoms with Crippen LogP contribution in [0, 0.1) is 0 Å². The molecule has 4 heteroatoms. The molecule has 4 nitrogen and oxygen atoms in total. The lowest BCUT2D eigenvalue weighted by molar-refractivity contribution is 0.0885. The smallest absolute Gasteiger partial charge is 0.209 e. The van der Waals surface area contributed by atoms with Crippen LogP contribution in [-0.4, -0.2) is 47.0 Å². The molecule has 0 amide bonds. The molecule has 1 aromatic heterocycles. The first-order valence-electron chi connectivity index (χ1n) is 8.85. The second-order valence-electron chi connectivity index (χ2n) is 6.73. The quantitative estimate of drug-likeness (QED) is 0.866. The summed E-state index contributed by atoms with van der Waals surface area (Å²) in [5.41, 5.74) is 1.09. The number of rotatable bonds is 4. The van der Waals surface area contributed by atoms with Gasteiger partial charge in [0.15, 0.2) is 5.76 Å². The Kier molecular flexibility index (Phi) is 4.44. The van der Waals surface area contributed by atoms with Gasteiger partial charge in [0.2, 0.25) is 5.89 Å². The van der Waals surface area contributed by atoms with E-state index in [2.05, 4.69) is 26.9 Å². The number of hydrogen-bond acceptors (Lipinski definition) is 4. The zero-order valence-corrected chi connectivity index (χ0v) is 13.7. The van der Waals surface area contributed by atoms with Gasteiger partial charge >= 0.3 is 0 Å². The number of hydrogen-bond donors (Lipinski definition) is 0. The van der Waals surface area contributed by atoms with Crippen molar-refractivity contribution in [2.75, 3.05) is 26.2 Å². The van der Waals surface area contributed by atoms with Crippen LogP contribution in [0.3, 0.4) is 0 Å². The maximum absolute atomic E-state index is 5.93. The summed E-state index contributed by atoms with van der Waals surface area (Å²) in [6, 6.07) is 11.0. The van der Waals surface area contributed by atoms with Crippen molar-refractivity contribution >= 4 is 0 Å². The average Bonchev–Trinajstić information content (AvgIpc) is 3.28. The van der Waals surface area contributed by atoms with Crippen molar-refractivity contribution in [1.82, 2.24) is 14.8 Å². The van der Waals surface area contributed by atoms with Crippen LogP contribution in [0.5, 0.6) is 0 Å². The van der Waals surface area contributed by atoms with Crippen LogP contribution >= 0.6 is 0 Å². The zero-order chi connectivity index (χ0) is 15.5. The molecule has 0 atom stereocenters. The van der Waals surface area contributed by atoms with E-state index in [1.165, 1.54) is 38.8 Å². The van der Waals surface area contributed by atoms with E-state index < -0.39 is 0 Å². The molecule has 4 rings (SSSR count). The highest BCUT2D eigenvalue weighted by Crippen LogP contribution is 2.25. The number of aromatic nitrogens is 1. The van der Waals surface area contributed by atoms with Crippen LogP contribution in [-0.2, 0) is 6.54 Å². The largest absolute Gasteiger partial charge is 0.439 e. The topological polar surface area (TPSA) is 32.5 Å². The molecule has 2 aliphatic rings. The second-order valence-corrected chi connectivity index (χ2v) is 6.73. The van der Waals surface area contributed by atoms with Crippen molar-refractivity contribution in [2.24, 2.45) is 0 Å². The average molecular weight is 311 g/mol. The van der Waals surface area contributed by atoms with Gasteiger partial charge in [0.1, 0.15) is 0 Å². The Bertz CT molecular complexity index is 611. The van der Waals surface area contributed by atoms with Crippen molar-refractivity contribution < 1.29 is 4.42 Å². The van der Waals surface area contributed by atoms with Crippen molar-refractivity contribution in [3.05, 3.63) is 42.4 Å². The highest BCUT2D eigenvalue weighted by atomic mass is 16.4. The van der Waals surface area contributed by atoms with Gasteiger partial charge in [-0.1, -0.05) is 43.2 Å². The number of nitrogens with zero attached hydrogens (tertiary/aromatic N) is 3. The maximum Gasteiger partial charge on any atom is 0.209 e. The molecular weight excluding hydrogens is 286 g/mol. The molecule has 1 aromatic carbocycles. The van der Waals surface area contributed by atoms with Crippen molar-refractivity contribution in [3.63, 3.8) is 0 Å². The fourth-order valence-corrected chi connectivity index (χ4v) is 3.87. The molecule has 122 valence electrons. The van der Waals surface area contributed by atoms with E-state index in [1.807, 2.05) is 24.4 Å². The third-order valence-electron chi connectivity index (χ3n) is 5.22. The van der Waals surface area contributed by atoms with Crippen molar-refractivity contribution in [3.8, 4) is 11.3 Å². The van der Waals surface area contributed by atoms with E-state index in [4.69, 9.17) is 4.42 Å². The van der Waals surface area contributed by atoms with Crippen LogP contribution in [0.2, 0.25) is 0 Å². The number of piperazine rings is 1. The first-order valence-corrected chi connectivity index (χ1v) is 8.85. The molecule has 2 aromatic rings. The Morgan fingerprint density at radius 1 is 1.00 bits per heavy atom. The molecule has 0 unspecified atom stereocenters. The van der Waals surface area contributed by atoms with E-state index >= 15 is 0 Å². The predicted molar refractivity (Wildman–Crippen MR) is 91.0 cm³/mol. The lowest BCUT2D eigenvalue weighted by Gasteiger charge is -2.37. The van der Waals surface area contributed by atoms with Gasteiger partial charge in [0.05, 0.1) is 12.7 Å². The van der Waals surface area contributed by atoms with Crippen LogP contribution < -0.4 is 0 Å². The molecule has 23 heavy (non-hydrogen) atoms. The molecule has 2 fully saturated rings. The summed E-state index contributed by atoms with van der Waals surface area (Å²) in [5.74, 6) is 1.70. The minimum absolute atomic E-state index is 0.825. The van der Waals surface area contributed by atoms with Gasteiger partial charge in [-0.2, -0.15) is 0 Å². The predicted octanol–water partition coefficient (Wildman–Crippen LogP) is 3.40. The van der Waals surface area contributed by atoms with Gasteiger partial charge < -0.3 is 4.42 Å². The third-order valence-corrected chi connectivity index (χ3v) is 5.22. The van der Waals surface area contributed by atoms with Crippen molar-refractivity contribution in [1.29, 1.82) is 0 Å². The summed E-state index contributed by atoms with van der Waals surface area (Å²) < 4.78 is 5.93. The van der Waals surface area contributed by atoms with E-state index in [0.29, 0.717) is 0 Å². The molecule has 0 spiro atoms. The normalized spacial score (nSPS) is 21.0.